The van der Waals surface area contributed by atoms with E-state index >= 15 is 0 Å². The van der Waals surface area contributed by atoms with Gasteiger partial charge >= 0.3 is 0 Å². The summed E-state index contributed by atoms with van der Waals surface area (Å²) in [4.78, 5) is 14.0. The van der Waals surface area contributed by atoms with Gasteiger partial charge in [-0.1, -0.05) is 12.1 Å². The van der Waals surface area contributed by atoms with E-state index in [2.05, 4.69) is 5.32 Å². The van der Waals surface area contributed by atoms with E-state index in [0.717, 1.165) is 24.9 Å². The van der Waals surface area contributed by atoms with E-state index in [9.17, 15) is 9.90 Å². The van der Waals surface area contributed by atoms with Gasteiger partial charge in [-0.3, -0.25) is 4.79 Å². The Bertz CT molecular complexity index is 444. The Balaban J connectivity index is 1.95. The van der Waals surface area contributed by atoms with Gasteiger partial charge in [0, 0.05) is 19.1 Å². The van der Waals surface area contributed by atoms with Crippen LogP contribution in [0.15, 0.2) is 24.3 Å². The summed E-state index contributed by atoms with van der Waals surface area (Å²) < 4.78 is 0. The molecule has 5 nitrogen and oxygen atoms in total. The molecule has 1 aliphatic heterocycles. The number of carbonyl (C=O) groups is 1. The zero-order chi connectivity index (χ0) is 14.4. The zero-order valence-corrected chi connectivity index (χ0v) is 11.6. The maximum Gasteiger partial charge on any atom is 0.227 e. The van der Waals surface area contributed by atoms with Crippen LogP contribution in [-0.2, 0) is 11.2 Å². The maximum atomic E-state index is 12.3. The Morgan fingerprint density at radius 3 is 2.95 bits per heavy atom. The number of aliphatic hydroxyl groups is 1. The average Bonchev–Trinajstić information content (AvgIpc) is 2.91. The molecule has 110 valence electrons. The number of nitrogens with one attached hydrogen (secondary N) is 1. The van der Waals surface area contributed by atoms with Gasteiger partial charge < -0.3 is 20.4 Å². The first-order valence-electron chi connectivity index (χ1n) is 7.09. The SMILES string of the molecule is O=C(Cc1cccc(O)c1)N(CCO)CC1CCCN1. The number of aromatic hydroxyl groups is 1. The fourth-order valence-electron chi connectivity index (χ4n) is 2.57. The molecule has 1 aromatic carbocycles. The molecule has 1 atom stereocenters. The van der Waals surface area contributed by atoms with Crippen LogP contribution in [-0.4, -0.2) is 53.3 Å². The second-order valence-corrected chi connectivity index (χ2v) is 5.20. The van der Waals surface area contributed by atoms with Crippen molar-refractivity contribution < 1.29 is 15.0 Å². The molecule has 0 saturated carbocycles. The lowest BCUT2D eigenvalue weighted by Crippen LogP contribution is -2.43. The number of nitrogens with zero attached hydrogens (tertiary/aromatic N) is 1. The van der Waals surface area contributed by atoms with Gasteiger partial charge in [0.15, 0.2) is 0 Å². The molecule has 1 saturated heterocycles. The monoisotopic (exact) mass is 278 g/mol. The van der Waals surface area contributed by atoms with Crippen molar-refractivity contribution >= 4 is 5.91 Å². The first kappa shape index (κ1) is 14.8. The highest BCUT2D eigenvalue weighted by molar-refractivity contribution is 5.79. The number of amides is 1. The minimum absolute atomic E-state index is 0.0154. The number of hydrogen-bond donors (Lipinski definition) is 3. The Labute approximate surface area is 119 Å². The van der Waals surface area contributed by atoms with E-state index in [1.54, 1.807) is 23.1 Å². The zero-order valence-electron chi connectivity index (χ0n) is 11.6. The van der Waals surface area contributed by atoms with Crippen molar-refractivity contribution in [2.75, 3.05) is 26.2 Å². The summed E-state index contributed by atoms with van der Waals surface area (Å²) >= 11 is 0. The highest BCUT2D eigenvalue weighted by Gasteiger charge is 2.21. The molecule has 20 heavy (non-hydrogen) atoms. The fourth-order valence-corrected chi connectivity index (χ4v) is 2.57. The molecule has 1 unspecified atom stereocenters. The van der Waals surface area contributed by atoms with Gasteiger partial charge in [-0.25, -0.2) is 0 Å². The molecule has 0 radical (unpaired) electrons. The second-order valence-electron chi connectivity index (χ2n) is 5.20. The van der Waals surface area contributed by atoms with Crippen LogP contribution in [0.3, 0.4) is 0 Å². The molecule has 3 N–H and O–H groups in total. The number of aliphatic hydroxyl groups excluding tert-OH is 1. The third kappa shape index (κ3) is 4.21. The van der Waals surface area contributed by atoms with Gasteiger partial charge in [-0.2, -0.15) is 0 Å². The van der Waals surface area contributed by atoms with Crippen molar-refractivity contribution in [1.29, 1.82) is 0 Å². The highest BCUT2D eigenvalue weighted by Crippen LogP contribution is 2.13. The quantitative estimate of drug-likeness (QED) is 0.709. The van der Waals surface area contributed by atoms with Crippen LogP contribution in [0.1, 0.15) is 18.4 Å². The Morgan fingerprint density at radius 1 is 1.45 bits per heavy atom. The lowest BCUT2D eigenvalue weighted by Gasteiger charge is -2.25. The smallest absolute Gasteiger partial charge is 0.227 e. The standard InChI is InChI=1S/C15H22N2O3/c18-8-7-17(11-13-4-2-6-16-13)15(20)10-12-3-1-5-14(19)9-12/h1,3,5,9,13,16,18-19H,2,4,6-8,10-11H2. The number of phenols is 1. The number of hydrogen-bond acceptors (Lipinski definition) is 4. The Kier molecular flexibility index (Phi) is 5.38. The van der Waals surface area contributed by atoms with Gasteiger partial charge in [0.2, 0.25) is 5.91 Å². The predicted molar refractivity (Wildman–Crippen MR) is 76.5 cm³/mol. The summed E-state index contributed by atoms with van der Waals surface area (Å²) in [5, 5.41) is 21.9. The molecule has 2 rings (SSSR count). The second kappa shape index (κ2) is 7.26. The Morgan fingerprint density at radius 2 is 2.30 bits per heavy atom. The van der Waals surface area contributed by atoms with Gasteiger partial charge in [0.25, 0.3) is 0 Å². The molecule has 0 spiro atoms. The van der Waals surface area contributed by atoms with Crippen LogP contribution >= 0.6 is 0 Å². The van der Waals surface area contributed by atoms with Gasteiger partial charge in [0.1, 0.15) is 5.75 Å². The Hall–Kier alpha value is -1.59. The third-order valence-electron chi connectivity index (χ3n) is 3.59. The van der Waals surface area contributed by atoms with E-state index in [0.29, 0.717) is 19.1 Å². The molecule has 0 aromatic heterocycles. The number of benzene rings is 1. The van der Waals surface area contributed by atoms with Crippen molar-refractivity contribution in [3.8, 4) is 5.75 Å². The molecule has 5 heteroatoms. The van der Waals surface area contributed by atoms with Crippen LogP contribution in [0.25, 0.3) is 0 Å². The minimum Gasteiger partial charge on any atom is -0.508 e. The highest BCUT2D eigenvalue weighted by atomic mass is 16.3. The summed E-state index contributed by atoms with van der Waals surface area (Å²) in [5.74, 6) is 0.153. The van der Waals surface area contributed by atoms with E-state index < -0.39 is 0 Å². The first-order valence-corrected chi connectivity index (χ1v) is 7.09. The van der Waals surface area contributed by atoms with Crippen LogP contribution in [0.4, 0.5) is 0 Å². The number of rotatable bonds is 6. The fraction of sp³-hybridized carbons (Fsp3) is 0.533. The largest absolute Gasteiger partial charge is 0.508 e. The molecule has 1 fully saturated rings. The topological polar surface area (TPSA) is 72.8 Å². The van der Waals surface area contributed by atoms with Crippen molar-refractivity contribution in [3.05, 3.63) is 29.8 Å². The van der Waals surface area contributed by atoms with E-state index in [1.165, 1.54) is 0 Å². The molecule has 1 heterocycles. The lowest BCUT2D eigenvalue weighted by atomic mass is 10.1. The third-order valence-corrected chi connectivity index (χ3v) is 3.59. The summed E-state index contributed by atoms with van der Waals surface area (Å²) in [6.45, 7) is 1.96. The summed E-state index contributed by atoms with van der Waals surface area (Å²) in [6, 6.07) is 7.06. The molecule has 0 bridgehead atoms. The molecule has 0 aliphatic carbocycles. The van der Waals surface area contributed by atoms with Crippen LogP contribution < -0.4 is 5.32 Å². The molecule has 1 aromatic rings. The van der Waals surface area contributed by atoms with E-state index in [1.807, 2.05) is 6.07 Å². The molecule has 1 aliphatic rings. The van der Waals surface area contributed by atoms with Gasteiger partial charge in [0.05, 0.1) is 13.0 Å². The average molecular weight is 278 g/mol. The van der Waals surface area contributed by atoms with Crippen molar-refractivity contribution in [2.24, 2.45) is 0 Å². The van der Waals surface area contributed by atoms with E-state index in [4.69, 9.17) is 5.11 Å². The first-order chi connectivity index (χ1) is 9.69. The summed E-state index contributed by atoms with van der Waals surface area (Å²) in [5.41, 5.74) is 0.789. The minimum atomic E-state index is -0.0293. The normalized spacial score (nSPS) is 18.1. The molecule has 1 amide bonds. The maximum absolute atomic E-state index is 12.3. The number of phenolic OH excluding ortho intramolecular Hbond substituents is 1. The van der Waals surface area contributed by atoms with Gasteiger partial charge in [-0.05, 0) is 37.1 Å². The van der Waals surface area contributed by atoms with Crippen molar-refractivity contribution in [1.82, 2.24) is 10.2 Å². The van der Waals surface area contributed by atoms with Crippen molar-refractivity contribution in [2.45, 2.75) is 25.3 Å². The molecular weight excluding hydrogens is 256 g/mol. The van der Waals surface area contributed by atoms with Crippen LogP contribution in [0.2, 0.25) is 0 Å². The van der Waals surface area contributed by atoms with Gasteiger partial charge in [-0.15, -0.1) is 0 Å². The summed E-state index contributed by atoms with van der Waals surface area (Å²) in [6.07, 6.45) is 2.46. The molecular formula is C15H22N2O3. The predicted octanol–water partition coefficient (Wildman–Crippen LogP) is 0.508. The number of carbonyl (C=O) groups excluding carboxylic acids is 1. The van der Waals surface area contributed by atoms with Crippen LogP contribution in [0.5, 0.6) is 5.75 Å². The van der Waals surface area contributed by atoms with Crippen molar-refractivity contribution in [3.63, 3.8) is 0 Å². The lowest BCUT2D eigenvalue weighted by molar-refractivity contribution is -0.131. The van der Waals surface area contributed by atoms with E-state index in [-0.39, 0.29) is 24.7 Å². The summed E-state index contributed by atoms with van der Waals surface area (Å²) in [7, 11) is 0. The van der Waals surface area contributed by atoms with Crippen LogP contribution in [0, 0.1) is 0 Å².